The van der Waals surface area contributed by atoms with Crippen molar-refractivity contribution in [3.8, 4) is 0 Å². The Hall–Kier alpha value is -4.50. The summed E-state index contributed by atoms with van der Waals surface area (Å²) in [5, 5.41) is 28.9. The van der Waals surface area contributed by atoms with Crippen LogP contribution >= 0.6 is 0 Å². The fourth-order valence-corrected chi connectivity index (χ4v) is 6.89. The largest absolute Gasteiger partial charge is 0.356 e. The van der Waals surface area contributed by atoms with E-state index in [-0.39, 0.29) is 88.7 Å². The zero-order valence-corrected chi connectivity index (χ0v) is 49.6. The van der Waals surface area contributed by atoms with Gasteiger partial charge in [0.25, 0.3) is 0 Å². The standard InChI is InChI=1S/5C11H22N2O2/c5*1-4-11(15)13-8-6-5-7-10(12-3)9(2)14/h5*10,12H,4-8H2,1-3H3,(H,13,15)/t5*10-/m00000/s1. The molecule has 0 saturated carbocycles. The summed E-state index contributed by atoms with van der Waals surface area (Å²) in [5.41, 5.74) is 0. The van der Waals surface area contributed by atoms with Crippen LogP contribution in [0.15, 0.2) is 0 Å². The second-order valence-corrected chi connectivity index (χ2v) is 18.3. The van der Waals surface area contributed by atoms with E-state index in [1.165, 1.54) is 0 Å². The van der Waals surface area contributed by atoms with Crippen LogP contribution in [0.4, 0.5) is 0 Å². The average Bonchev–Trinajstić information content (AvgIpc) is 3.38. The van der Waals surface area contributed by atoms with Gasteiger partial charge in [0.15, 0.2) is 0 Å². The fraction of sp³-hybridized carbons (Fsp3) is 0.818. The van der Waals surface area contributed by atoms with Crippen molar-refractivity contribution < 1.29 is 47.9 Å². The Kier molecular flexibility index (Phi) is 60.5. The minimum atomic E-state index is -0.0353. The number of carbonyl (C=O) groups is 10. The van der Waals surface area contributed by atoms with E-state index >= 15 is 0 Å². The SMILES string of the molecule is CCC(=O)NCCCC[C@H](NC)C(C)=O.CCC(=O)NCCCC[C@H](NC)C(C)=O.CCC(=O)NCCCC[C@H](NC)C(C)=O.CCC(=O)NCCCC[C@H](NC)C(C)=O.CCC(=O)NCCCC[C@H](NC)C(C)=O. The first kappa shape index (κ1) is 79.4. The lowest BCUT2D eigenvalue weighted by Crippen LogP contribution is -2.32. The van der Waals surface area contributed by atoms with Crippen LogP contribution in [0.3, 0.4) is 0 Å². The summed E-state index contributed by atoms with van der Waals surface area (Å²) < 4.78 is 0. The normalized spacial score (nSPS) is 12.2. The first-order valence-corrected chi connectivity index (χ1v) is 27.8. The number of carbonyl (C=O) groups excluding carboxylic acids is 10. The van der Waals surface area contributed by atoms with Gasteiger partial charge >= 0.3 is 0 Å². The molecule has 0 bridgehead atoms. The minimum Gasteiger partial charge on any atom is -0.356 e. The number of amides is 5. The molecule has 10 N–H and O–H groups in total. The van der Waals surface area contributed by atoms with E-state index in [1.54, 1.807) is 69.9 Å². The molecular formula is C55H110N10O10. The van der Waals surface area contributed by atoms with Crippen molar-refractivity contribution in [2.45, 2.75) is 228 Å². The van der Waals surface area contributed by atoms with E-state index in [1.807, 2.05) is 34.6 Å². The zero-order chi connectivity index (χ0) is 58.4. The first-order valence-electron chi connectivity index (χ1n) is 27.8. The van der Waals surface area contributed by atoms with Crippen molar-refractivity contribution in [2.24, 2.45) is 0 Å². The minimum absolute atomic E-state index is 0.0353. The summed E-state index contributed by atoms with van der Waals surface area (Å²) in [4.78, 5) is 110. The van der Waals surface area contributed by atoms with Gasteiger partial charge in [-0.05, 0) is 166 Å². The summed E-state index contributed by atoms with van der Waals surface area (Å²) in [6.07, 6.45) is 16.3. The first-order chi connectivity index (χ1) is 35.6. The van der Waals surface area contributed by atoms with Gasteiger partial charge in [0.05, 0.1) is 30.2 Å². The van der Waals surface area contributed by atoms with Crippen LogP contribution in [0.25, 0.3) is 0 Å². The number of rotatable bonds is 40. The third-order valence-electron chi connectivity index (χ3n) is 12.0. The molecule has 0 aromatic carbocycles. The number of nitrogens with one attached hydrogen (secondary N) is 10. The highest BCUT2D eigenvalue weighted by molar-refractivity contribution is 5.83. The molecule has 75 heavy (non-hydrogen) atoms. The molecule has 0 heterocycles. The monoisotopic (exact) mass is 1070 g/mol. The number of Topliss-reactive ketones (excluding diaryl/α,β-unsaturated/α-hetero) is 5. The van der Waals surface area contributed by atoms with Crippen molar-refractivity contribution in [3.63, 3.8) is 0 Å². The Labute approximate surface area is 454 Å². The van der Waals surface area contributed by atoms with Gasteiger partial charge in [-0.15, -0.1) is 0 Å². The van der Waals surface area contributed by atoms with E-state index in [0.717, 1.165) is 96.3 Å². The second kappa shape index (κ2) is 57.2. The van der Waals surface area contributed by atoms with Crippen LogP contribution in [-0.4, -0.2) is 157 Å². The Balaban J connectivity index is -0.000000272. The molecule has 0 fully saturated rings. The quantitative estimate of drug-likeness (QED) is 0.0383. The van der Waals surface area contributed by atoms with Gasteiger partial charge in [0.2, 0.25) is 29.5 Å². The summed E-state index contributed by atoms with van der Waals surface area (Å²) in [6.45, 7) is 20.7. The van der Waals surface area contributed by atoms with E-state index < -0.39 is 0 Å². The van der Waals surface area contributed by atoms with Gasteiger partial charge in [-0.1, -0.05) is 34.6 Å². The van der Waals surface area contributed by atoms with E-state index in [9.17, 15) is 47.9 Å². The second-order valence-electron chi connectivity index (χ2n) is 18.3. The van der Waals surface area contributed by atoms with Crippen molar-refractivity contribution in [3.05, 3.63) is 0 Å². The topological polar surface area (TPSA) is 291 Å². The molecule has 0 radical (unpaired) electrons. The lowest BCUT2D eigenvalue weighted by molar-refractivity contribution is -0.121. The highest BCUT2D eigenvalue weighted by Crippen LogP contribution is 2.05. The summed E-state index contributed by atoms with van der Waals surface area (Å²) >= 11 is 0. The van der Waals surface area contributed by atoms with E-state index in [4.69, 9.17) is 0 Å². The maximum absolute atomic E-state index is 11.1. The predicted molar refractivity (Wildman–Crippen MR) is 303 cm³/mol. The van der Waals surface area contributed by atoms with E-state index in [2.05, 4.69) is 53.2 Å². The molecule has 0 saturated heterocycles. The maximum Gasteiger partial charge on any atom is 0.219 e. The molecule has 0 rings (SSSR count). The van der Waals surface area contributed by atoms with Crippen LogP contribution in [0, 0.1) is 0 Å². The number of hydrogen-bond donors (Lipinski definition) is 10. The molecule has 0 aliphatic heterocycles. The van der Waals surface area contributed by atoms with Crippen LogP contribution in [-0.2, 0) is 47.9 Å². The maximum atomic E-state index is 11.1. The molecule has 0 spiro atoms. The number of unbranched alkanes of at least 4 members (excludes halogenated alkanes) is 5. The van der Waals surface area contributed by atoms with Gasteiger partial charge in [0, 0.05) is 64.8 Å². The Bertz CT molecular complexity index is 1280. The Morgan fingerprint density at radius 3 is 0.480 bits per heavy atom. The summed E-state index contributed by atoms with van der Waals surface area (Å²) in [5.74, 6) is 1.33. The van der Waals surface area contributed by atoms with Crippen molar-refractivity contribution in [1.82, 2.24) is 53.2 Å². The molecule has 20 nitrogen and oxygen atoms in total. The number of likely N-dealkylation sites (N-methyl/N-ethyl adjacent to an activating group) is 5. The van der Waals surface area contributed by atoms with Crippen LogP contribution < -0.4 is 53.2 Å². The molecular weight excluding hydrogens is 961 g/mol. The lowest BCUT2D eigenvalue weighted by Gasteiger charge is -2.12. The smallest absolute Gasteiger partial charge is 0.219 e. The molecule has 5 amide bonds. The van der Waals surface area contributed by atoms with Crippen LogP contribution in [0.2, 0.25) is 0 Å². The van der Waals surface area contributed by atoms with Gasteiger partial charge < -0.3 is 53.2 Å². The fourth-order valence-electron chi connectivity index (χ4n) is 6.89. The molecule has 5 atom stereocenters. The summed E-state index contributed by atoms with van der Waals surface area (Å²) in [6, 6.07) is -0.176. The van der Waals surface area contributed by atoms with Crippen LogP contribution in [0.1, 0.15) is 198 Å². The Morgan fingerprint density at radius 1 is 0.253 bits per heavy atom. The molecule has 0 aromatic heterocycles. The highest BCUT2D eigenvalue weighted by Gasteiger charge is 2.14. The van der Waals surface area contributed by atoms with E-state index in [0.29, 0.717) is 64.8 Å². The lowest BCUT2D eigenvalue weighted by atomic mass is 10.1. The third-order valence-corrected chi connectivity index (χ3v) is 12.0. The predicted octanol–water partition coefficient (Wildman–Crippen LogP) is 4.30. The van der Waals surface area contributed by atoms with Crippen molar-refractivity contribution in [2.75, 3.05) is 68.0 Å². The molecule has 0 aliphatic rings. The molecule has 0 aromatic rings. The van der Waals surface area contributed by atoms with Crippen LogP contribution in [0.5, 0.6) is 0 Å². The Morgan fingerprint density at radius 2 is 0.387 bits per heavy atom. The molecule has 440 valence electrons. The number of hydrogen-bond acceptors (Lipinski definition) is 15. The molecule has 20 heteroatoms. The van der Waals surface area contributed by atoms with Crippen molar-refractivity contribution in [1.29, 1.82) is 0 Å². The summed E-state index contributed by atoms with van der Waals surface area (Å²) in [7, 11) is 8.98. The third kappa shape index (κ3) is 55.6. The zero-order valence-electron chi connectivity index (χ0n) is 49.6. The molecule has 0 aliphatic carbocycles. The average molecular weight is 1070 g/mol. The number of ketones is 5. The van der Waals surface area contributed by atoms with Crippen molar-refractivity contribution >= 4 is 58.5 Å². The van der Waals surface area contributed by atoms with Gasteiger partial charge in [-0.2, -0.15) is 0 Å². The van der Waals surface area contributed by atoms with Gasteiger partial charge in [-0.25, -0.2) is 0 Å². The van der Waals surface area contributed by atoms with Gasteiger partial charge in [-0.3, -0.25) is 47.9 Å². The highest BCUT2D eigenvalue weighted by atomic mass is 16.2. The van der Waals surface area contributed by atoms with Gasteiger partial charge in [0.1, 0.15) is 28.9 Å². The molecule has 0 unspecified atom stereocenters.